The van der Waals surface area contributed by atoms with Crippen LogP contribution in [0, 0.1) is 52.3 Å². The fraction of sp³-hybridized carbons (Fsp3) is 0.838. The van der Waals surface area contributed by atoms with Crippen molar-refractivity contribution >= 4 is 5.78 Å². The van der Waals surface area contributed by atoms with Gasteiger partial charge in [0.25, 0.3) is 0 Å². The van der Waals surface area contributed by atoms with E-state index in [1.165, 1.54) is 89.9 Å². The molecule has 0 amide bonds. The number of nitrogens with zero attached hydrogens (tertiary/aromatic N) is 2. The van der Waals surface area contributed by atoms with Crippen molar-refractivity contribution in [1.82, 2.24) is 9.55 Å². The molecule has 42 heavy (non-hydrogen) atoms. The Kier molecular flexibility index (Phi) is 10.6. The Labute approximate surface area is 255 Å². The number of imidazole rings is 1. The van der Waals surface area contributed by atoms with E-state index >= 15 is 0 Å². The number of carbonyl (C=O) groups excluding carboxylic acids is 1. The molecule has 1 aromatic heterocycles. The summed E-state index contributed by atoms with van der Waals surface area (Å²) in [5, 5.41) is 20.8. The summed E-state index contributed by atoms with van der Waals surface area (Å²) in [5.74, 6) is 9.11. The fourth-order valence-electron chi connectivity index (χ4n) is 10.9. The molecular formula is C37H58N2O3. The van der Waals surface area contributed by atoms with Crippen LogP contribution in [0.1, 0.15) is 136 Å². The topological polar surface area (TPSA) is 75.3 Å². The van der Waals surface area contributed by atoms with Crippen molar-refractivity contribution in [3.8, 4) is 11.8 Å². The van der Waals surface area contributed by atoms with Gasteiger partial charge in [-0.05, 0) is 98.7 Å². The maximum Gasteiger partial charge on any atom is 0.156 e. The summed E-state index contributed by atoms with van der Waals surface area (Å²) in [6.07, 6.45) is 28.1. The number of ketones is 1. The molecule has 5 heteroatoms. The molecule has 4 aliphatic carbocycles. The number of carbonyl (C=O) groups is 1. The number of aliphatic hydroxyl groups is 2. The van der Waals surface area contributed by atoms with Gasteiger partial charge in [0.2, 0.25) is 0 Å². The van der Waals surface area contributed by atoms with E-state index in [0.717, 1.165) is 37.5 Å². The highest BCUT2D eigenvalue weighted by Gasteiger charge is 2.63. The average Bonchev–Trinajstić information content (AvgIpc) is 3.62. The smallest absolute Gasteiger partial charge is 0.156 e. The Balaban J connectivity index is 1.29. The maximum absolute atomic E-state index is 13.6. The van der Waals surface area contributed by atoms with Crippen LogP contribution in [0.3, 0.4) is 0 Å². The van der Waals surface area contributed by atoms with Gasteiger partial charge in [-0.2, -0.15) is 0 Å². The number of unbranched alkanes of at least 4 members (excludes halogenated alkanes) is 7. The van der Waals surface area contributed by atoms with Crippen LogP contribution in [0.2, 0.25) is 0 Å². The Hall–Kier alpha value is -1.64. The van der Waals surface area contributed by atoms with Crippen molar-refractivity contribution in [2.75, 3.05) is 6.61 Å². The molecule has 0 aromatic carbocycles. The largest absolute Gasteiger partial charge is 0.389 e. The van der Waals surface area contributed by atoms with Gasteiger partial charge in [-0.3, -0.25) is 4.79 Å². The van der Waals surface area contributed by atoms with Crippen molar-refractivity contribution in [3.05, 3.63) is 18.7 Å². The van der Waals surface area contributed by atoms with Gasteiger partial charge in [0.05, 0.1) is 18.5 Å². The summed E-state index contributed by atoms with van der Waals surface area (Å²) < 4.78 is 1.95. The lowest BCUT2D eigenvalue weighted by Crippen LogP contribution is -2.57. The molecule has 8 atom stereocenters. The summed E-state index contributed by atoms with van der Waals surface area (Å²) in [5.41, 5.74) is -0.244. The molecule has 1 heterocycles. The number of rotatable bonds is 13. The molecule has 0 radical (unpaired) electrons. The highest BCUT2D eigenvalue weighted by Crippen LogP contribution is 2.69. The van der Waals surface area contributed by atoms with Gasteiger partial charge in [0, 0.05) is 24.7 Å². The van der Waals surface area contributed by atoms with Crippen LogP contribution in [0.4, 0.5) is 0 Å². The number of hydrogen-bond donors (Lipinski definition) is 2. The summed E-state index contributed by atoms with van der Waals surface area (Å²) >= 11 is 0. The third kappa shape index (κ3) is 6.56. The molecule has 1 aromatic rings. The third-order valence-electron chi connectivity index (χ3n) is 12.9. The number of fused-ring (bicyclic) bond motifs is 5. The number of aliphatic hydroxyl groups excluding tert-OH is 1. The van der Waals surface area contributed by atoms with Crippen molar-refractivity contribution in [3.63, 3.8) is 0 Å². The number of Topliss-reactive ketones (excluding diaryl/α,β-unsaturated/α-hetero) is 1. The molecule has 0 aliphatic heterocycles. The first-order valence-corrected chi connectivity index (χ1v) is 17.6. The van der Waals surface area contributed by atoms with Crippen molar-refractivity contribution in [2.45, 2.75) is 148 Å². The average molecular weight is 579 g/mol. The van der Waals surface area contributed by atoms with E-state index in [1.54, 1.807) is 12.5 Å². The van der Waals surface area contributed by atoms with Gasteiger partial charge < -0.3 is 14.8 Å². The standard InChI is InChI=1S/C37H58N2O3/c1-3-4-5-6-7-8-9-10-19-37-22-21-36(42,18-11-12-25-40)26-29(37)13-14-30-31-15-16-33(35(31,2)20-17-32(30)37)34(41)27-39-24-23-38-28-39/h23-24,28-33,40,42H,3-10,13-22,25-27H2,1-2H3/t29?,30-,31-,32-,33+,35-,36?,37-/m0/s1. The molecule has 2 N–H and O–H groups in total. The van der Waals surface area contributed by atoms with E-state index in [9.17, 15) is 15.0 Å². The monoisotopic (exact) mass is 578 g/mol. The molecule has 4 fully saturated rings. The van der Waals surface area contributed by atoms with E-state index in [0.29, 0.717) is 36.0 Å². The minimum Gasteiger partial charge on any atom is -0.389 e. The zero-order chi connectivity index (χ0) is 29.6. The van der Waals surface area contributed by atoms with Gasteiger partial charge in [0.15, 0.2) is 5.78 Å². The first-order chi connectivity index (χ1) is 20.4. The molecule has 4 saturated carbocycles. The minimum atomic E-state index is -0.705. The zero-order valence-electron chi connectivity index (χ0n) is 26.7. The summed E-state index contributed by atoms with van der Waals surface area (Å²) in [6, 6.07) is 0. The van der Waals surface area contributed by atoms with E-state index in [4.69, 9.17) is 0 Å². The highest BCUT2D eigenvalue weighted by atomic mass is 16.3. The van der Waals surface area contributed by atoms with Gasteiger partial charge in [-0.15, -0.1) is 0 Å². The van der Waals surface area contributed by atoms with Gasteiger partial charge in [-0.1, -0.05) is 77.1 Å². The maximum atomic E-state index is 13.6. The lowest BCUT2D eigenvalue weighted by Gasteiger charge is -2.63. The molecule has 5 nitrogen and oxygen atoms in total. The molecule has 234 valence electrons. The Bertz CT molecular complexity index is 1070. The molecule has 0 saturated heterocycles. The second-order valence-corrected chi connectivity index (χ2v) is 15.1. The highest BCUT2D eigenvalue weighted by molar-refractivity contribution is 5.82. The van der Waals surface area contributed by atoms with Crippen LogP contribution in [0.15, 0.2) is 18.7 Å². The van der Waals surface area contributed by atoms with Crippen molar-refractivity contribution in [2.24, 2.45) is 40.4 Å². The van der Waals surface area contributed by atoms with Crippen LogP contribution in [-0.4, -0.2) is 37.8 Å². The molecule has 0 spiro atoms. The Morgan fingerprint density at radius 3 is 2.48 bits per heavy atom. The van der Waals surface area contributed by atoms with E-state index < -0.39 is 5.60 Å². The minimum absolute atomic E-state index is 0.126. The van der Waals surface area contributed by atoms with Gasteiger partial charge >= 0.3 is 0 Å². The Morgan fingerprint density at radius 1 is 0.952 bits per heavy atom. The zero-order valence-corrected chi connectivity index (χ0v) is 26.7. The normalized spacial score (nSPS) is 37.3. The van der Waals surface area contributed by atoms with E-state index in [2.05, 4.69) is 30.7 Å². The third-order valence-corrected chi connectivity index (χ3v) is 12.9. The van der Waals surface area contributed by atoms with Crippen LogP contribution in [-0.2, 0) is 11.3 Å². The summed E-state index contributed by atoms with van der Waals surface area (Å²) in [6.45, 7) is 5.09. The van der Waals surface area contributed by atoms with Gasteiger partial charge in [-0.25, -0.2) is 4.98 Å². The fourth-order valence-corrected chi connectivity index (χ4v) is 10.9. The summed E-state index contributed by atoms with van der Waals surface area (Å²) in [7, 11) is 0. The molecule has 4 aliphatic rings. The van der Waals surface area contributed by atoms with Gasteiger partial charge in [0.1, 0.15) is 6.61 Å². The first-order valence-electron chi connectivity index (χ1n) is 17.6. The van der Waals surface area contributed by atoms with Crippen molar-refractivity contribution < 1.29 is 15.0 Å². The lowest BCUT2D eigenvalue weighted by atomic mass is 9.42. The first kappa shape index (κ1) is 31.8. The molecule has 2 unspecified atom stereocenters. The van der Waals surface area contributed by atoms with Crippen LogP contribution < -0.4 is 0 Å². The predicted molar refractivity (Wildman–Crippen MR) is 168 cm³/mol. The number of aromatic nitrogens is 2. The molecule has 5 rings (SSSR count). The van der Waals surface area contributed by atoms with E-state index in [1.807, 2.05) is 10.8 Å². The SMILES string of the molecule is CCCCCCCCCC[C@]12CCC(O)(CC#CCO)CC1CC[C@@H]1[C@@H]2CC[C@]2(C)[C@@H](C(=O)Cn3ccnc3)CC[C@@H]12. The van der Waals surface area contributed by atoms with E-state index in [-0.39, 0.29) is 17.9 Å². The Morgan fingerprint density at radius 2 is 1.74 bits per heavy atom. The quantitative estimate of drug-likeness (QED) is 0.185. The van der Waals surface area contributed by atoms with Crippen LogP contribution in [0.25, 0.3) is 0 Å². The summed E-state index contributed by atoms with van der Waals surface area (Å²) in [4.78, 5) is 17.7. The van der Waals surface area contributed by atoms with Crippen molar-refractivity contribution in [1.29, 1.82) is 0 Å². The predicted octanol–water partition coefficient (Wildman–Crippen LogP) is 7.74. The van der Waals surface area contributed by atoms with Crippen LogP contribution in [0.5, 0.6) is 0 Å². The van der Waals surface area contributed by atoms with Crippen LogP contribution >= 0.6 is 0 Å². The molecule has 0 bridgehead atoms. The molecular weight excluding hydrogens is 520 g/mol. The lowest BCUT2D eigenvalue weighted by molar-refractivity contribution is -0.163. The second-order valence-electron chi connectivity index (χ2n) is 15.1. The second kappa shape index (κ2) is 14.0. The number of hydrogen-bond acceptors (Lipinski definition) is 4.